The molecule has 3 heteroatoms. The Morgan fingerprint density at radius 2 is 2.12 bits per heavy atom. The Bertz CT molecular complexity index is 368. The minimum Gasteiger partial charge on any atom is -0.385 e. The van der Waals surface area contributed by atoms with Crippen molar-refractivity contribution >= 4 is 0 Å². The fourth-order valence-corrected chi connectivity index (χ4v) is 2.30. The first-order valence-electron chi connectivity index (χ1n) is 5.69. The number of benzene rings is 1. The average molecular weight is 224 g/mol. The number of aliphatic hydroxyl groups is 1. The van der Waals surface area contributed by atoms with E-state index in [1.807, 2.05) is 6.92 Å². The smallest absolute Gasteiger partial charge is 0.123 e. The van der Waals surface area contributed by atoms with E-state index in [9.17, 15) is 9.50 Å². The first-order chi connectivity index (χ1) is 7.62. The van der Waals surface area contributed by atoms with Crippen molar-refractivity contribution in [1.82, 2.24) is 0 Å². The molecule has 1 heterocycles. The van der Waals surface area contributed by atoms with Gasteiger partial charge in [-0.3, -0.25) is 0 Å². The van der Waals surface area contributed by atoms with E-state index in [-0.39, 0.29) is 5.82 Å². The lowest BCUT2D eigenvalue weighted by atomic mass is 9.84. The van der Waals surface area contributed by atoms with Crippen molar-refractivity contribution in [2.45, 2.75) is 31.8 Å². The molecule has 0 saturated carbocycles. The predicted molar refractivity (Wildman–Crippen MR) is 59.7 cm³/mol. The highest BCUT2D eigenvalue weighted by molar-refractivity contribution is 5.32. The summed E-state index contributed by atoms with van der Waals surface area (Å²) in [5.41, 5.74) is 0.715. The molecule has 2 rings (SSSR count). The van der Waals surface area contributed by atoms with Crippen molar-refractivity contribution in [2.75, 3.05) is 13.2 Å². The number of hydrogen-bond acceptors (Lipinski definition) is 2. The number of rotatable bonds is 1. The van der Waals surface area contributed by atoms with E-state index in [0.29, 0.717) is 31.6 Å². The van der Waals surface area contributed by atoms with Gasteiger partial charge in [-0.15, -0.1) is 0 Å². The molecule has 1 atom stereocenters. The minimum atomic E-state index is -0.928. The van der Waals surface area contributed by atoms with Crippen molar-refractivity contribution in [3.05, 3.63) is 35.1 Å². The van der Waals surface area contributed by atoms with E-state index in [1.54, 1.807) is 6.07 Å². The molecule has 1 aromatic carbocycles. The number of ether oxygens (including phenoxy) is 1. The average Bonchev–Trinajstić information content (AvgIpc) is 2.48. The molecular formula is C13H17FO2. The summed E-state index contributed by atoms with van der Waals surface area (Å²) in [5, 5.41) is 10.6. The molecule has 1 unspecified atom stereocenters. The van der Waals surface area contributed by atoms with Crippen LogP contribution < -0.4 is 0 Å². The highest BCUT2D eigenvalue weighted by atomic mass is 19.1. The maximum Gasteiger partial charge on any atom is 0.123 e. The lowest BCUT2D eigenvalue weighted by Gasteiger charge is -2.28. The maximum atomic E-state index is 13.2. The molecular weight excluding hydrogens is 207 g/mol. The number of hydrogen-bond donors (Lipinski definition) is 1. The summed E-state index contributed by atoms with van der Waals surface area (Å²) < 4.78 is 18.6. The van der Waals surface area contributed by atoms with E-state index in [2.05, 4.69) is 0 Å². The zero-order chi connectivity index (χ0) is 11.6. The molecule has 0 amide bonds. The molecule has 1 aromatic rings. The van der Waals surface area contributed by atoms with Crippen LogP contribution in [0.1, 0.15) is 30.4 Å². The van der Waals surface area contributed by atoms with E-state index in [0.717, 1.165) is 12.0 Å². The van der Waals surface area contributed by atoms with Crippen LogP contribution in [0.15, 0.2) is 18.2 Å². The van der Waals surface area contributed by atoms with Crippen LogP contribution in [0, 0.1) is 12.7 Å². The minimum absolute atomic E-state index is 0.292. The quantitative estimate of drug-likeness (QED) is 0.794. The fraction of sp³-hybridized carbons (Fsp3) is 0.538. The molecule has 1 aliphatic rings. The molecule has 1 saturated heterocycles. The highest BCUT2D eigenvalue weighted by Crippen LogP contribution is 2.34. The Kier molecular flexibility index (Phi) is 3.26. The SMILES string of the molecule is Cc1ccc(F)cc1C1(O)CCCOCC1. The fourth-order valence-electron chi connectivity index (χ4n) is 2.30. The van der Waals surface area contributed by atoms with Gasteiger partial charge in [-0.25, -0.2) is 4.39 Å². The van der Waals surface area contributed by atoms with Gasteiger partial charge in [-0.1, -0.05) is 6.07 Å². The monoisotopic (exact) mass is 224 g/mol. The highest BCUT2D eigenvalue weighted by Gasteiger charge is 2.31. The van der Waals surface area contributed by atoms with E-state index in [4.69, 9.17) is 4.74 Å². The Morgan fingerprint density at radius 3 is 2.94 bits per heavy atom. The molecule has 0 bridgehead atoms. The molecule has 1 fully saturated rings. The van der Waals surface area contributed by atoms with Crippen LogP contribution in [-0.2, 0) is 10.3 Å². The molecule has 88 valence electrons. The van der Waals surface area contributed by atoms with Crippen LogP contribution in [0.3, 0.4) is 0 Å². The zero-order valence-corrected chi connectivity index (χ0v) is 9.50. The molecule has 16 heavy (non-hydrogen) atoms. The van der Waals surface area contributed by atoms with Gasteiger partial charge in [0.2, 0.25) is 0 Å². The third-order valence-electron chi connectivity index (χ3n) is 3.24. The van der Waals surface area contributed by atoms with Gasteiger partial charge in [0, 0.05) is 19.6 Å². The van der Waals surface area contributed by atoms with Crippen molar-refractivity contribution in [2.24, 2.45) is 0 Å². The van der Waals surface area contributed by atoms with Crippen LogP contribution in [0.4, 0.5) is 4.39 Å². The van der Waals surface area contributed by atoms with Gasteiger partial charge in [0.25, 0.3) is 0 Å². The van der Waals surface area contributed by atoms with Gasteiger partial charge >= 0.3 is 0 Å². The van der Waals surface area contributed by atoms with Gasteiger partial charge < -0.3 is 9.84 Å². The molecule has 0 radical (unpaired) electrons. The van der Waals surface area contributed by atoms with Crippen molar-refractivity contribution < 1.29 is 14.2 Å². The van der Waals surface area contributed by atoms with Crippen LogP contribution >= 0.6 is 0 Å². The van der Waals surface area contributed by atoms with Crippen LogP contribution in [-0.4, -0.2) is 18.3 Å². The second-order valence-electron chi connectivity index (χ2n) is 4.46. The summed E-state index contributed by atoms with van der Waals surface area (Å²) in [5.74, 6) is -0.292. The van der Waals surface area contributed by atoms with Crippen LogP contribution in [0.5, 0.6) is 0 Å². The molecule has 0 aromatic heterocycles. The zero-order valence-electron chi connectivity index (χ0n) is 9.50. The van der Waals surface area contributed by atoms with E-state index in [1.165, 1.54) is 12.1 Å². The Hall–Kier alpha value is -0.930. The third kappa shape index (κ3) is 2.25. The van der Waals surface area contributed by atoms with Crippen molar-refractivity contribution in [3.8, 4) is 0 Å². The van der Waals surface area contributed by atoms with Gasteiger partial charge in [0.05, 0.1) is 5.60 Å². The predicted octanol–water partition coefficient (Wildman–Crippen LogP) is 2.52. The normalized spacial score (nSPS) is 26.4. The molecule has 1 N–H and O–H groups in total. The first-order valence-corrected chi connectivity index (χ1v) is 5.69. The second-order valence-corrected chi connectivity index (χ2v) is 4.46. The summed E-state index contributed by atoms with van der Waals surface area (Å²) in [6.45, 7) is 3.11. The maximum absolute atomic E-state index is 13.2. The summed E-state index contributed by atoms with van der Waals surface area (Å²) in [4.78, 5) is 0. The molecule has 1 aliphatic heterocycles. The molecule has 2 nitrogen and oxygen atoms in total. The number of halogens is 1. The Labute approximate surface area is 95.1 Å². The second kappa shape index (κ2) is 4.52. The molecule has 0 spiro atoms. The Balaban J connectivity index is 2.36. The van der Waals surface area contributed by atoms with Gasteiger partial charge in [-0.2, -0.15) is 0 Å². The Morgan fingerprint density at radius 1 is 1.31 bits per heavy atom. The van der Waals surface area contributed by atoms with Gasteiger partial charge in [0.15, 0.2) is 0 Å². The lowest BCUT2D eigenvalue weighted by Crippen LogP contribution is -2.27. The largest absolute Gasteiger partial charge is 0.385 e. The van der Waals surface area contributed by atoms with Gasteiger partial charge in [-0.05, 0) is 43.0 Å². The molecule has 0 aliphatic carbocycles. The summed E-state index contributed by atoms with van der Waals surface area (Å²) in [6, 6.07) is 4.59. The standard InChI is InChI=1S/C13H17FO2/c1-10-3-4-11(14)9-12(10)13(15)5-2-7-16-8-6-13/h3-4,9,15H,2,5-8H2,1H3. The number of aryl methyl sites for hydroxylation is 1. The van der Waals surface area contributed by atoms with Gasteiger partial charge in [0.1, 0.15) is 5.82 Å². The summed E-state index contributed by atoms with van der Waals surface area (Å²) >= 11 is 0. The topological polar surface area (TPSA) is 29.5 Å². The third-order valence-corrected chi connectivity index (χ3v) is 3.24. The van der Waals surface area contributed by atoms with Crippen LogP contribution in [0.2, 0.25) is 0 Å². The van der Waals surface area contributed by atoms with E-state index < -0.39 is 5.60 Å². The van der Waals surface area contributed by atoms with Crippen molar-refractivity contribution in [1.29, 1.82) is 0 Å². The summed E-state index contributed by atoms with van der Waals surface area (Å²) in [7, 11) is 0. The first kappa shape index (κ1) is 11.6. The van der Waals surface area contributed by atoms with Crippen LogP contribution in [0.25, 0.3) is 0 Å². The summed E-state index contributed by atoms with van der Waals surface area (Å²) in [6.07, 6.45) is 1.99. The van der Waals surface area contributed by atoms with Crippen molar-refractivity contribution in [3.63, 3.8) is 0 Å². The lowest BCUT2D eigenvalue weighted by molar-refractivity contribution is 0.0136. The van der Waals surface area contributed by atoms with E-state index >= 15 is 0 Å².